The molecule has 0 unspecified atom stereocenters. The molecule has 0 fully saturated rings. The highest BCUT2D eigenvalue weighted by molar-refractivity contribution is 5.83. The SMILES string of the molecule is CC[C@H](CCC(=O)NNC(=O)Cc1ccc([N+](=O)[O-])cc1)C(=O)[O-]. The van der Waals surface area contributed by atoms with Gasteiger partial charge in [0.2, 0.25) is 11.8 Å². The first kappa shape index (κ1) is 19.1. The lowest BCUT2D eigenvalue weighted by atomic mass is 10.0. The molecule has 9 nitrogen and oxygen atoms in total. The zero-order valence-corrected chi connectivity index (χ0v) is 13.1. The van der Waals surface area contributed by atoms with Gasteiger partial charge in [0.25, 0.3) is 5.69 Å². The predicted molar refractivity (Wildman–Crippen MR) is 81.1 cm³/mol. The van der Waals surface area contributed by atoms with Crippen molar-refractivity contribution in [1.29, 1.82) is 0 Å². The molecule has 1 rings (SSSR count). The summed E-state index contributed by atoms with van der Waals surface area (Å²) in [6.45, 7) is 1.68. The Balaban J connectivity index is 2.36. The van der Waals surface area contributed by atoms with Crippen LogP contribution in [0.3, 0.4) is 0 Å². The molecule has 0 heterocycles. The minimum absolute atomic E-state index is 0.0513. The van der Waals surface area contributed by atoms with Crippen LogP contribution in [0.4, 0.5) is 5.69 Å². The van der Waals surface area contributed by atoms with Gasteiger partial charge in [-0.25, -0.2) is 0 Å². The van der Waals surface area contributed by atoms with E-state index in [-0.39, 0.29) is 24.9 Å². The number of aliphatic carboxylic acids is 1. The van der Waals surface area contributed by atoms with Gasteiger partial charge in [-0.3, -0.25) is 30.6 Å². The molecule has 0 saturated carbocycles. The molecular formula is C15H18N3O6-. The second-order valence-corrected chi connectivity index (χ2v) is 5.16. The molecule has 2 N–H and O–H groups in total. The summed E-state index contributed by atoms with van der Waals surface area (Å²) in [5.74, 6) is -2.91. The Morgan fingerprint density at radius 1 is 1.12 bits per heavy atom. The maximum Gasteiger partial charge on any atom is 0.269 e. The van der Waals surface area contributed by atoms with E-state index in [0.717, 1.165) is 0 Å². The largest absolute Gasteiger partial charge is 0.550 e. The van der Waals surface area contributed by atoms with E-state index in [0.29, 0.717) is 12.0 Å². The summed E-state index contributed by atoms with van der Waals surface area (Å²) in [7, 11) is 0. The van der Waals surface area contributed by atoms with E-state index in [9.17, 15) is 29.6 Å². The first-order valence-electron chi connectivity index (χ1n) is 7.35. The topological polar surface area (TPSA) is 141 Å². The molecule has 0 aliphatic rings. The lowest BCUT2D eigenvalue weighted by molar-refractivity contribution is -0.384. The van der Waals surface area contributed by atoms with E-state index in [1.54, 1.807) is 6.92 Å². The Bertz CT molecular complexity index is 614. The smallest absolute Gasteiger partial charge is 0.269 e. The number of non-ortho nitro benzene ring substituents is 1. The molecule has 1 atom stereocenters. The number of nitro benzene ring substituents is 1. The van der Waals surface area contributed by atoms with Gasteiger partial charge in [0.15, 0.2) is 0 Å². The molecule has 24 heavy (non-hydrogen) atoms. The van der Waals surface area contributed by atoms with Crippen LogP contribution in [0.1, 0.15) is 31.7 Å². The molecule has 2 amide bonds. The van der Waals surface area contributed by atoms with E-state index >= 15 is 0 Å². The number of rotatable bonds is 8. The Kier molecular flexibility index (Phi) is 7.34. The number of benzene rings is 1. The molecule has 0 radical (unpaired) electrons. The van der Waals surface area contributed by atoms with Gasteiger partial charge in [0, 0.05) is 24.5 Å². The molecule has 0 aliphatic carbocycles. The van der Waals surface area contributed by atoms with Crippen molar-refractivity contribution in [1.82, 2.24) is 10.9 Å². The highest BCUT2D eigenvalue weighted by Gasteiger charge is 2.12. The molecule has 0 aliphatic heterocycles. The number of nitrogens with zero attached hydrogens (tertiary/aromatic N) is 1. The molecule has 9 heteroatoms. The van der Waals surface area contributed by atoms with Gasteiger partial charge >= 0.3 is 0 Å². The quantitative estimate of drug-likeness (QED) is 0.499. The molecule has 0 saturated heterocycles. The van der Waals surface area contributed by atoms with Crippen molar-refractivity contribution in [2.45, 2.75) is 32.6 Å². The lowest BCUT2D eigenvalue weighted by Gasteiger charge is -2.15. The second kappa shape index (κ2) is 9.23. The molecule has 0 bridgehead atoms. The molecule has 1 aromatic carbocycles. The summed E-state index contributed by atoms with van der Waals surface area (Å²) in [4.78, 5) is 43.9. The van der Waals surface area contributed by atoms with Crippen molar-refractivity contribution < 1.29 is 24.4 Å². The maximum atomic E-state index is 11.7. The van der Waals surface area contributed by atoms with Crippen LogP contribution in [0.2, 0.25) is 0 Å². The summed E-state index contributed by atoms with van der Waals surface area (Å²) < 4.78 is 0. The van der Waals surface area contributed by atoms with Gasteiger partial charge < -0.3 is 9.90 Å². The van der Waals surface area contributed by atoms with Crippen molar-refractivity contribution in [3.63, 3.8) is 0 Å². The van der Waals surface area contributed by atoms with E-state index in [2.05, 4.69) is 10.9 Å². The first-order valence-corrected chi connectivity index (χ1v) is 7.35. The number of carbonyl (C=O) groups excluding carboxylic acids is 3. The number of hydrazine groups is 1. The average Bonchev–Trinajstić information content (AvgIpc) is 2.53. The highest BCUT2D eigenvalue weighted by atomic mass is 16.6. The van der Waals surface area contributed by atoms with Crippen LogP contribution >= 0.6 is 0 Å². The van der Waals surface area contributed by atoms with E-state index < -0.39 is 28.6 Å². The third-order valence-corrected chi connectivity index (χ3v) is 3.40. The van der Waals surface area contributed by atoms with Crippen LogP contribution in [-0.2, 0) is 20.8 Å². The zero-order valence-electron chi connectivity index (χ0n) is 13.1. The number of amides is 2. The third-order valence-electron chi connectivity index (χ3n) is 3.40. The van der Waals surface area contributed by atoms with Gasteiger partial charge in [0.05, 0.1) is 11.3 Å². The Hall–Kier alpha value is -2.97. The monoisotopic (exact) mass is 336 g/mol. The van der Waals surface area contributed by atoms with Crippen molar-refractivity contribution in [2.24, 2.45) is 5.92 Å². The van der Waals surface area contributed by atoms with Gasteiger partial charge in [-0.15, -0.1) is 0 Å². The summed E-state index contributed by atoms with van der Waals surface area (Å²) in [5.41, 5.74) is 4.87. The molecule has 0 spiro atoms. The Morgan fingerprint density at radius 3 is 2.21 bits per heavy atom. The van der Waals surface area contributed by atoms with Crippen LogP contribution in [0.15, 0.2) is 24.3 Å². The molecule has 130 valence electrons. The maximum absolute atomic E-state index is 11.7. The first-order chi connectivity index (χ1) is 11.3. The van der Waals surface area contributed by atoms with Crippen LogP contribution in [-0.4, -0.2) is 22.7 Å². The number of carboxylic acid groups (broad SMARTS) is 1. The zero-order chi connectivity index (χ0) is 18.1. The van der Waals surface area contributed by atoms with Crippen LogP contribution in [0, 0.1) is 16.0 Å². The van der Waals surface area contributed by atoms with E-state index in [4.69, 9.17) is 0 Å². The number of hydrogen-bond donors (Lipinski definition) is 2. The van der Waals surface area contributed by atoms with Crippen molar-refractivity contribution in [3.05, 3.63) is 39.9 Å². The number of nitro groups is 1. The standard InChI is InChI=1S/C15H19N3O6/c1-2-11(15(21)22)5-8-13(19)16-17-14(20)9-10-3-6-12(7-4-10)18(23)24/h3-4,6-7,11H,2,5,8-9H2,1H3,(H,16,19)(H,17,20)(H,21,22)/p-1/t11-/m1/s1. The average molecular weight is 336 g/mol. The van der Waals surface area contributed by atoms with Crippen molar-refractivity contribution >= 4 is 23.5 Å². The number of nitrogens with one attached hydrogen (secondary N) is 2. The fourth-order valence-electron chi connectivity index (χ4n) is 1.96. The van der Waals surface area contributed by atoms with Crippen LogP contribution in [0.5, 0.6) is 0 Å². The number of carboxylic acids is 1. The summed E-state index contributed by atoms with van der Waals surface area (Å²) in [5, 5.41) is 21.2. The lowest BCUT2D eigenvalue weighted by Crippen LogP contribution is -2.42. The van der Waals surface area contributed by atoms with Crippen molar-refractivity contribution in [2.75, 3.05) is 0 Å². The fourth-order valence-corrected chi connectivity index (χ4v) is 1.96. The minimum Gasteiger partial charge on any atom is -0.550 e. The molecular weight excluding hydrogens is 318 g/mol. The molecule has 0 aromatic heterocycles. The third kappa shape index (κ3) is 6.42. The molecule has 1 aromatic rings. The number of carbonyl (C=O) groups is 3. The van der Waals surface area contributed by atoms with Crippen LogP contribution < -0.4 is 16.0 Å². The second-order valence-electron chi connectivity index (χ2n) is 5.16. The predicted octanol–water partition coefficient (Wildman–Crippen LogP) is -0.159. The van der Waals surface area contributed by atoms with E-state index in [1.807, 2.05) is 0 Å². The minimum atomic E-state index is -1.20. The Morgan fingerprint density at radius 2 is 1.71 bits per heavy atom. The summed E-state index contributed by atoms with van der Waals surface area (Å²) in [6.07, 6.45) is 0.379. The summed E-state index contributed by atoms with van der Waals surface area (Å²) in [6, 6.07) is 5.47. The van der Waals surface area contributed by atoms with Crippen LogP contribution in [0.25, 0.3) is 0 Å². The van der Waals surface area contributed by atoms with Crippen molar-refractivity contribution in [3.8, 4) is 0 Å². The summed E-state index contributed by atoms with van der Waals surface area (Å²) >= 11 is 0. The number of hydrogen-bond acceptors (Lipinski definition) is 6. The van der Waals surface area contributed by atoms with Gasteiger partial charge in [0.1, 0.15) is 0 Å². The van der Waals surface area contributed by atoms with Gasteiger partial charge in [-0.1, -0.05) is 19.1 Å². The van der Waals surface area contributed by atoms with Gasteiger partial charge in [-0.2, -0.15) is 0 Å². The van der Waals surface area contributed by atoms with E-state index in [1.165, 1.54) is 24.3 Å². The highest BCUT2D eigenvalue weighted by Crippen LogP contribution is 2.12. The fraction of sp³-hybridized carbons (Fsp3) is 0.400. The Labute approximate surface area is 138 Å². The normalized spacial score (nSPS) is 11.4. The van der Waals surface area contributed by atoms with Gasteiger partial charge in [-0.05, 0) is 24.3 Å².